The lowest BCUT2D eigenvalue weighted by molar-refractivity contribution is -0.385. The van der Waals surface area contributed by atoms with Crippen LogP contribution in [0.2, 0.25) is 0 Å². The molecule has 1 aromatic carbocycles. The molecule has 0 atom stereocenters. The van der Waals surface area contributed by atoms with Gasteiger partial charge in [0.25, 0.3) is 0 Å². The van der Waals surface area contributed by atoms with Crippen molar-refractivity contribution < 1.29 is 14.8 Å². The molecule has 116 valence electrons. The van der Waals surface area contributed by atoms with Crippen LogP contribution in [0, 0.1) is 16.0 Å². The standard InChI is InChI=1S/C15H22N2O4/c1-10(2)15(18)8-16(9-15)12-6-5-7-13(21-11(3)4)14(12)17(19)20/h5-7,10-11,18H,8-9H2,1-4H3. The molecule has 0 spiro atoms. The molecule has 0 aromatic heterocycles. The molecule has 1 heterocycles. The van der Waals surface area contributed by atoms with Crippen molar-refractivity contribution in [1.29, 1.82) is 0 Å². The van der Waals surface area contributed by atoms with Gasteiger partial charge in [0.2, 0.25) is 0 Å². The molecule has 6 heteroatoms. The molecule has 0 radical (unpaired) electrons. The van der Waals surface area contributed by atoms with Crippen LogP contribution in [0.25, 0.3) is 0 Å². The van der Waals surface area contributed by atoms with Crippen LogP contribution in [0.4, 0.5) is 11.4 Å². The Hall–Kier alpha value is -1.82. The minimum atomic E-state index is -0.775. The fourth-order valence-electron chi connectivity index (χ4n) is 2.45. The van der Waals surface area contributed by atoms with Crippen LogP contribution >= 0.6 is 0 Å². The number of nitro benzene ring substituents is 1. The first-order chi connectivity index (χ1) is 9.74. The minimum Gasteiger partial charge on any atom is -0.484 e. The van der Waals surface area contributed by atoms with E-state index < -0.39 is 10.5 Å². The second-order valence-corrected chi connectivity index (χ2v) is 6.16. The average Bonchev–Trinajstić information content (AvgIpc) is 2.33. The van der Waals surface area contributed by atoms with Gasteiger partial charge in [0.05, 0.1) is 11.0 Å². The summed E-state index contributed by atoms with van der Waals surface area (Å²) in [5, 5.41) is 21.7. The molecular weight excluding hydrogens is 272 g/mol. The maximum absolute atomic E-state index is 11.4. The van der Waals surface area contributed by atoms with Gasteiger partial charge < -0.3 is 14.7 Å². The number of nitro groups is 1. The smallest absolute Gasteiger partial charge is 0.333 e. The number of aliphatic hydroxyl groups is 1. The van der Waals surface area contributed by atoms with Crippen molar-refractivity contribution in [3.05, 3.63) is 28.3 Å². The number of anilines is 1. The summed E-state index contributed by atoms with van der Waals surface area (Å²) in [6, 6.07) is 5.05. The number of β-amino-alcohol motifs (C(OH)–C–C–N with tert-alkyl or cyclic N) is 1. The highest BCUT2D eigenvalue weighted by Gasteiger charge is 2.45. The van der Waals surface area contributed by atoms with Gasteiger partial charge in [-0.05, 0) is 31.9 Å². The molecule has 0 aliphatic carbocycles. The second kappa shape index (κ2) is 5.52. The van der Waals surface area contributed by atoms with E-state index in [1.54, 1.807) is 18.2 Å². The van der Waals surface area contributed by atoms with Crippen molar-refractivity contribution in [1.82, 2.24) is 0 Å². The first-order valence-corrected chi connectivity index (χ1v) is 7.16. The Kier molecular flexibility index (Phi) is 4.09. The van der Waals surface area contributed by atoms with Crippen LogP contribution in [0.3, 0.4) is 0 Å². The molecule has 1 aromatic rings. The Labute approximate surface area is 124 Å². The SMILES string of the molecule is CC(C)Oc1cccc(N2CC(O)(C(C)C)C2)c1[N+](=O)[O-]. The third-order valence-corrected chi connectivity index (χ3v) is 3.87. The van der Waals surface area contributed by atoms with Crippen LogP contribution < -0.4 is 9.64 Å². The zero-order valence-corrected chi connectivity index (χ0v) is 12.9. The molecule has 1 aliphatic rings. The van der Waals surface area contributed by atoms with Crippen LogP contribution in [0.5, 0.6) is 5.75 Å². The molecular formula is C15H22N2O4. The van der Waals surface area contributed by atoms with Crippen LogP contribution in [0.15, 0.2) is 18.2 Å². The zero-order chi connectivity index (χ0) is 15.8. The van der Waals surface area contributed by atoms with Crippen molar-refractivity contribution in [2.75, 3.05) is 18.0 Å². The molecule has 1 aliphatic heterocycles. The second-order valence-electron chi connectivity index (χ2n) is 6.16. The van der Waals surface area contributed by atoms with E-state index >= 15 is 0 Å². The number of hydrogen-bond acceptors (Lipinski definition) is 5. The Morgan fingerprint density at radius 2 is 1.95 bits per heavy atom. The van der Waals surface area contributed by atoms with Gasteiger partial charge in [-0.3, -0.25) is 10.1 Å². The van der Waals surface area contributed by atoms with E-state index in [0.29, 0.717) is 18.8 Å². The lowest BCUT2D eigenvalue weighted by Gasteiger charge is -2.50. The van der Waals surface area contributed by atoms with Gasteiger partial charge in [0.15, 0.2) is 5.75 Å². The van der Waals surface area contributed by atoms with Crippen molar-refractivity contribution in [3.63, 3.8) is 0 Å². The van der Waals surface area contributed by atoms with E-state index in [2.05, 4.69) is 0 Å². The van der Waals surface area contributed by atoms with Crippen molar-refractivity contribution >= 4 is 11.4 Å². The molecule has 0 unspecified atom stereocenters. The predicted molar refractivity (Wildman–Crippen MR) is 80.9 cm³/mol. The largest absolute Gasteiger partial charge is 0.484 e. The summed E-state index contributed by atoms with van der Waals surface area (Å²) >= 11 is 0. The van der Waals surface area contributed by atoms with E-state index in [1.807, 2.05) is 32.6 Å². The van der Waals surface area contributed by atoms with Gasteiger partial charge in [-0.1, -0.05) is 19.9 Å². The van der Waals surface area contributed by atoms with E-state index in [1.165, 1.54) is 0 Å². The molecule has 0 bridgehead atoms. The molecule has 1 N–H and O–H groups in total. The third kappa shape index (κ3) is 2.95. The lowest BCUT2D eigenvalue weighted by atomic mass is 9.82. The van der Waals surface area contributed by atoms with Gasteiger partial charge >= 0.3 is 5.69 Å². The van der Waals surface area contributed by atoms with Gasteiger partial charge in [-0.15, -0.1) is 0 Å². The molecule has 21 heavy (non-hydrogen) atoms. The molecule has 1 saturated heterocycles. The van der Waals surface area contributed by atoms with Gasteiger partial charge in [0, 0.05) is 13.1 Å². The number of nitrogens with zero attached hydrogens (tertiary/aromatic N) is 2. The molecule has 0 amide bonds. The fraction of sp³-hybridized carbons (Fsp3) is 0.600. The zero-order valence-electron chi connectivity index (χ0n) is 12.9. The summed E-state index contributed by atoms with van der Waals surface area (Å²) in [5.41, 5.74) is -0.302. The number of benzene rings is 1. The Morgan fingerprint density at radius 1 is 1.33 bits per heavy atom. The topological polar surface area (TPSA) is 75.8 Å². The molecule has 0 saturated carbocycles. The maximum atomic E-state index is 11.4. The van der Waals surface area contributed by atoms with Gasteiger partial charge in [0.1, 0.15) is 11.3 Å². The van der Waals surface area contributed by atoms with Crippen molar-refractivity contribution in [3.8, 4) is 5.75 Å². The van der Waals surface area contributed by atoms with E-state index in [-0.39, 0.29) is 23.5 Å². The molecule has 6 nitrogen and oxygen atoms in total. The summed E-state index contributed by atoms with van der Waals surface area (Å²) in [6.45, 7) is 8.36. The highest BCUT2D eigenvalue weighted by molar-refractivity contribution is 5.71. The first-order valence-electron chi connectivity index (χ1n) is 7.16. The maximum Gasteiger partial charge on any atom is 0.333 e. The number of para-hydroxylation sites is 1. The molecule has 2 rings (SSSR count). The third-order valence-electron chi connectivity index (χ3n) is 3.87. The average molecular weight is 294 g/mol. The fourth-order valence-corrected chi connectivity index (χ4v) is 2.45. The molecule has 1 fully saturated rings. The normalized spacial score (nSPS) is 17.0. The van der Waals surface area contributed by atoms with Crippen LogP contribution in [0.1, 0.15) is 27.7 Å². The summed E-state index contributed by atoms with van der Waals surface area (Å²) in [7, 11) is 0. The first kappa shape index (κ1) is 15.6. The highest BCUT2D eigenvalue weighted by atomic mass is 16.6. The quantitative estimate of drug-likeness (QED) is 0.667. The summed E-state index contributed by atoms with van der Waals surface area (Å²) < 4.78 is 5.53. The van der Waals surface area contributed by atoms with Crippen LogP contribution in [-0.4, -0.2) is 34.8 Å². The number of rotatable bonds is 5. The minimum absolute atomic E-state index is 0.0305. The van der Waals surface area contributed by atoms with E-state index in [9.17, 15) is 15.2 Å². The Morgan fingerprint density at radius 3 is 2.43 bits per heavy atom. The summed E-state index contributed by atoms with van der Waals surface area (Å²) in [4.78, 5) is 12.8. The van der Waals surface area contributed by atoms with E-state index in [4.69, 9.17) is 4.74 Å². The summed E-state index contributed by atoms with van der Waals surface area (Å²) in [5.74, 6) is 0.385. The van der Waals surface area contributed by atoms with Gasteiger partial charge in [-0.2, -0.15) is 0 Å². The Bertz CT molecular complexity index is 536. The highest BCUT2D eigenvalue weighted by Crippen LogP contribution is 2.42. The predicted octanol–water partition coefficient (Wildman–Crippen LogP) is 2.59. The van der Waals surface area contributed by atoms with Crippen LogP contribution in [-0.2, 0) is 0 Å². The number of ether oxygens (including phenoxy) is 1. The van der Waals surface area contributed by atoms with Gasteiger partial charge in [-0.25, -0.2) is 0 Å². The lowest BCUT2D eigenvalue weighted by Crippen LogP contribution is -2.64. The monoisotopic (exact) mass is 294 g/mol. The summed E-state index contributed by atoms with van der Waals surface area (Å²) in [6.07, 6.45) is -0.136. The van der Waals surface area contributed by atoms with E-state index in [0.717, 1.165) is 0 Å². The van der Waals surface area contributed by atoms with Crippen molar-refractivity contribution in [2.24, 2.45) is 5.92 Å². The van der Waals surface area contributed by atoms with Crippen molar-refractivity contribution in [2.45, 2.75) is 39.4 Å². The Balaban J connectivity index is 2.31. The number of hydrogen-bond donors (Lipinski definition) is 1.